The number of thiophene rings is 1. The van der Waals surface area contributed by atoms with Crippen LogP contribution in [0.5, 0.6) is 5.88 Å². The number of hydrogen-bond donors (Lipinski definition) is 4. The molecule has 7 rings (SSSR count). The number of aromatic nitrogens is 2. The molecule has 4 heterocycles. The Morgan fingerprint density at radius 1 is 1.02 bits per heavy atom. The average Bonchev–Trinajstić information content (AvgIpc) is 3.48. The van der Waals surface area contributed by atoms with Crippen molar-refractivity contribution in [3.05, 3.63) is 89.3 Å². The molecular formula is C43H48N6O8S. The van der Waals surface area contributed by atoms with Crippen molar-refractivity contribution in [3.63, 3.8) is 0 Å². The minimum absolute atomic E-state index is 0.0249. The largest absolute Gasteiger partial charge is 0.479 e. The molecule has 3 unspecified atom stereocenters. The Balaban J connectivity index is 1.18. The Morgan fingerprint density at radius 3 is 2.57 bits per heavy atom. The third-order valence-electron chi connectivity index (χ3n) is 10.5. The standard InChI is InChI=1S/C43H48N6O8S/c1-42(2,3)57-41(55)47-31-16-11-6-4-5-10-15-28-23-43(28,40(53)54)48-37(51)33-22-29(25-49(33)39(31)52)56-38-35(34-17-12-20-58-34)45-32-21-27(18-19-30(32)46-38)36(50)44-24-26-13-8-7-9-14-26/h7-10,12-15,17-21,28-29,31,33H,4-6,11,16,22-25H2,1-3H3,(H,44,50)(H,47,55)(H,48,51)(H,53,54)/b15-10-/t28?,29-,31-,33?,43?/m1/s1. The number of fused-ring (bicyclic) bond motifs is 3. The van der Waals surface area contributed by atoms with Gasteiger partial charge in [0.05, 0.1) is 22.5 Å². The maximum atomic E-state index is 14.5. The molecule has 1 saturated heterocycles. The summed E-state index contributed by atoms with van der Waals surface area (Å²) < 4.78 is 12.1. The monoisotopic (exact) mass is 808 g/mol. The van der Waals surface area contributed by atoms with Crippen LogP contribution in [0.1, 0.15) is 81.6 Å². The summed E-state index contributed by atoms with van der Waals surface area (Å²) in [6.07, 6.45) is 5.80. The fourth-order valence-electron chi connectivity index (χ4n) is 7.47. The molecule has 0 spiro atoms. The molecule has 4 amide bonds. The van der Waals surface area contributed by atoms with E-state index in [0.29, 0.717) is 41.7 Å². The summed E-state index contributed by atoms with van der Waals surface area (Å²) >= 11 is 1.43. The number of carboxylic acid groups (broad SMARTS) is 1. The van der Waals surface area contributed by atoms with Crippen LogP contribution in [0.25, 0.3) is 21.6 Å². The lowest BCUT2D eigenvalue weighted by Crippen LogP contribution is -2.56. The highest BCUT2D eigenvalue weighted by Crippen LogP contribution is 2.45. The molecule has 2 aliphatic heterocycles. The van der Waals surface area contributed by atoms with Crippen molar-refractivity contribution >= 4 is 52.2 Å². The van der Waals surface area contributed by atoms with Gasteiger partial charge in [-0.2, -0.15) is 0 Å². The average molecular weight is 809 g/mol. The number of aliphatic carboxylic acids is 1. The van der Waals surface area contributed by atoms with Gasteiger partial charge in [0.25, 0.3) is 5.91 Å². The molecule has 2 fully saturated rings. The Bertz CT molecular complexity index is 2210. The highest BCUT2D eigenvalue weighted by atomic mass is 32.1. The third kappa shape index (κ3) is 9.31. The number of ether oxygens (including phenoxy) is 2. The van der Waals surface area contributed by atoms with Crippen LogP contribution < -0.4 is 20.7 Å². The number of nitrogens with one attached hydrogen (secondary N) is 3. The molecule has 4 aromatic rings. The second kappa shape index (κ2) is 16.9. The van der Waals surface area contributed by atoms with E-state index in [0.717, 1.165) is 29.7 Å². The molecule has 2 aromatic heterocycles. The Morgan fingerprint density at radius 2 is 1.83 bits per heavy atom. The van der Waals surface area contributed by atoms with Gasteiger partial charge in [-0.1, -0.05) is 61.4 Å². The molecule has 1 aliphatic carbocycles. The van der Waals surface area contributed by atoms with Gasteiger partial charge in [0.1, 0.15) is 35.0 Å². The number of carbonyl (C=O) groups excluding carboxylic acids is 4. The third-order valence-corrected chi connectivity index (χ3v) is 11.4. The van der Waals surface area contributed by atoms with Crippen molar-refractivity contribution in [1.82, 2.24) is 30.8 Å². The van der Waals surface area contributed by atoms with E-state index < -0.39 is 53.2 Å². The zero-order chi connectivity index (χ0) is 41.0. The summed E-state index contributed by atoms with van der Waals surface area (Å²) in [5.74, 6) is -2.73. The van der Waals surface area contributed by atoms with Gasteiger partial charge < -0.3 is 35.4 Å². The fourth-order valence-corrected chi connectivity index (χ4v) is 8.18. The van der Waals surface area contributed by atoms with Crippen LogP contribution >= 0.6 is 11.3 Å². The van der Waals surface area contributed by atoms with Crippen LogP contribution in [0.4, 0.5) is 4.79 Å². The van der Waals surface area contributed by atoms with Gasteiger partial charge in [-0.15, -0.1) is 11.3 Å². The normalized spacial score (nSPS) is 24.3. The predicted octanol–water partition coefficient (Wildman–Crippen LogP) is 6.01. The van der Waals surface area contributed by atoms with Crippen molar-refractivity contribution in [2.75, 3.05) is 6.54 Å². The lowest BCUT2D eigenvalue weighted by Gasteiger charge is -2.30. The number of allylic oxidation sites excluding steroid dienone is 1. The van der Waals surface area contributed by atoms with E-state index in [1.165, 1.54) is 16.2 Å². The molecule has 5 atom stereocenters. The molecule has 14 nitrogen and oxygen atoms in total. The number of benzene rings is 2. The molecule has 15 heteroatoms. The van der Waals surface area contributed by atoms with E-state index in [-0.39, 0.29) is 37.1 Å². The van der Waals surface area contributed by atoms with E-state index in [1.807, 2.05) is 60.0 Å². The summed E-state index contributed by atoms with van der Waals surface area (Å²) in [5, 5.41) is 20.6. The van der Waals surface area contributed by atoms with Gasteiger partial charge in [-0.05, 0) is 81.7 Å². The van der Waals surface area contributed by atoms with Gasteiger partial charge >= 0.3 is 12.1 Å². The molecule has 1 saturated carbocycles. The topological polar surface area (TPSA) is 189 Å². The number of carbonyl (C=O) groups is 5. The van der Waals surface area contributed by atoms with Crippen molar-refractivity contribution in [1.29, 1.82) is 0 Å². The van der Waals surface area contributed by atoms with Crippen LogP contribution in [-0.2, 0) is 25.7 Å². The van der Waals surface area contributed by atoms with E-state index in [2.05, 4.69) is 16.0 Å². The van der Waals surface area contributed by atoms with E-state index >= 15 is 0 Å². The number of amides is 4. The lowest BCUT2D eigenvalue weighted by molar-refractivity contribution is -0.145. The van der Waals surface area contributed by atoms with Crippen molar-refractivity contribution in [2.45, 2.75) is 102 Å². The smallest absolute Gasteiger partial charge is 0.408 e. The highest BCUT2D eigenvalue weighted by molar-refractivity contribution is 7.13. The van der Waals surface area contributed by atoms with Crippen molar-refractivity contribution in [3.8, 4) is 16.5 Å². The maximum absolute atomic E-state index is 14.5. The van der Waals surface area contributed by atoms with Crippen LogP contribution in [0.2, 0.25) is 0 Å². The number of rotatable bonds is 8. The Hall–Kier alpha value is -5.83. The van der Waals surface area contributed by atoms with E-state index in [9.17, 15) is 29.1 Å². The predicted molar refractivity (Wildman–Crippen MR) is 217 cm³/mol. The number of alkyl carbamates (subject to hydrolysis) is 1. The Kier molecular flexibility index (Phi) is 11.8. The zero-order valence-corrected chi connectivity index (χ0v) is 33.6. The summed E-state index contributed by atoms with van der Waals surface area (Å²) in [6, 6.07) is 16.3. The van der Waals surface area contributed by atoms with Crippen LogP contribution in [0, 0.1) is 5.92 Å². The zero-order valence-electron chi connectivity index (χ0n) is 32.7. The number of hydrogen-bond acceptors (Lipinski definition) is 10. The molecule has 4 N–H and O–H groups in total. The van der Waals surface area contributed by atoms with Crippen LogP contribution in [0.15, 0.2) is 78.2 Å². The Labute approximate surface area is 340 Å². The first-order valence-electron chi connectivity index (χ1n) is 19.7. The van der Waals surface area contributed by atoms with Gasteiger partial charge in [0, 0.05) is 24.4 Å². The minimum atomic E-state index is -1.48. The lowest BCUT2D eigenvalue weighted by atomic mass is 10.0. The van der Waals surface area contributed by atoms with Crippen LogP contribution in [0.3, 0.4) is 0 Å². The number of carboxylic acids is 1. The molecule has 304 valence electrons. The van der Waals surface area contributed by atoms with Crippen molar-refractivity contribution < 1.29 is 38.6 Å². The molecule has 58 heavy (non-hydrogen) atoms. The molecule has 0 radical (unpaired) electrons. The SMILES string of the molecule is CC(C)(C)OC(=O)N[C@@H]1CCCCC/C=C\C2CC2(C(=O)O)NC(=O)C2C[C@@H](Oc3nc4ccc(C(=O)NCc5ccccc5)cc4nc3-c3cccs3)CN2C1=O. The quantitative estimate of drug-likeness (QED) is 0.154. The maximum Gasteiger partial charge on any atom is 0.408 e. The molecule has 0 bridgehead atoms. The first kappa shape index (κ1) is 40.4. The second-order valence-corrected chi connectivity index (χ2v) is 17.0. The van der Waals surface area contributed by atoms with E-state index in [4.69, 9.17) is 19.4 Å². The summed E-state index contributed by atoms with van der Waals surface area (Å²) in [5.41, 5.74) is 0.451. The summed E-state index contributed by atoms with van der Waals surface area (Å²) in [7, 11) is 0. The number of nitrogens with zero attached hydrogens (tertiary/aromatic N) is 3. The van der Waals surface area contributed by atoms with Gasteiger partial charge in [-0.25, -0.2) is 19.6 Å². The highest BCUT2D eigenvalue weighted by Gasteiger charge is 2.61. The van der Waals surface area contributed by atoms with Crippen molar-refractivity contribution in [2.24, 2.45) is 5.92 Å². The summed E-state index contributed by atoms with van der Waals surface area (Å²) in [4.78, 5) is 79.2. The second-order valence-electron chi connectivity index (χ2n) is 16.0. The first-order chi connectivity index (χ1) is 27.8. The first-order valence-corrected chi connectivity index (χ1v) is 20.5. The fraction of sp³-hybridized carbons (Fsp3) is 0.419. The van der Waals surface area contributed by atoms with E-state index in [1.54, 1.807) is 39.0 Å². The minimum Gasteiger partial charge on any atom is -0.479 e. The summed E-state index contributed by atoms with van der Waals surface area (Å²) in [6.45, 7) is 5.51. The van der Waals surface area contributed by atoms with Gasteiger partial charge in [0.15, 0.2) is 0 Å². The molecular weight excluding hydrogens is 761 g/mol. The molecule has 2 aromatic carbocycles. The van der Waals surface area contributed by atoms with Gasteiger partial charge in [0.2, 0.25) is 17.7 Å². The van der Waals surface area contributed by atoms with Gasteiger partial charge in [-0.3, -0.25) is 14.4 Å². The molecule has 3 aliphatic rings. The van der Waals surface area contributed by atoms with Crippen LogP contribution in [-0.4, -0.2) is 85.6 Å².